The van der Waals surface area contributed by atoms with E-state index in [2.05, 4.69) is 20.9 Å². The number of aromatic nitrogens is 1. The highest BCUT2D eigenvalue weighted by molar-refractivity contribution is 9.10. The van der Waals surface area contributed by atoms with Gasteiger partial charge in [0.1, 0.15) is 10.7 Å². The Labute approximate surface area is 126 Å². The SMILES string of the molecule is Nc1ncc(Br)cc1S(=O)(=O)N1CCN(CCO)CC1. The summed E-state index contributed by atoms with van der Waals surface area (Å²) < 4.78 is 27.1. The number of nitrogens with zero attached hydrogens (tertiary/aromatic N) is 3. The van der Waals surface area contributed by atoms with Crippen molar-refractivity contribution in [3.8, 4) is 0 Å². The van der Waals surface area contributed by atoms with Crippen LogP contribution in [0, 0.1) is 0 Å². The highest BCUT2D eigenvalue weighted by Crippen LogP contribution is 2.24. The highest BCUT2D eigenvalue weighted by atomic mass is 79.9. The van der Waals surface area contributed by atoms with Crippen LogP contribution in [0.3, 0.4) is 0 Å². The summed E-state index contributed by atoms with van der Waals surface area (Å²) in [6.07, 6.45) is 1.47. The molecule has 1 aliphatic heterocycles. The fourth-order valence-corrected chi connectivity index (χ4v) is 4.11. The van der Waals surface area contributed by atoms with Crippen LogP contribution < -0.4 is 5.73 Å². The number of nitrogen functional groups attached to an aromatic ring is 1. The van der Waals surface area contributed by atoms with Crippen LogP contribution in [0.4, 0.5) is 5.82 Å². The Morgan fingerprint density at radius 2 is 2.00 bits per heavy atom. The Hall–Kier alpha value is -0.740. The number of rotatable bonds is 4. The molecule has 1 aliphatic rings. The fourth-order valence-electron chi connectivity index (χ4n) is 2.11. The van der Waals surface area contributed by atoms with Crippen molar-refractivity contribution in [1.29, 1.82) is 0 Å². The summed E-state index contributed by atoms with van der Waals surface area (Å²) in [6, 6.07) is 1.47. The zero-order chi connectivity index (χ0) is 14.8. The molecule has 0 aliphatic carbocycles. The molecule has 2 rings (SSSR count). The maximum Gasteiger partial charge on any atom is 0.246 e. The number of anilines is 1. The molecular formula is C11H17BrN4O3S. The van der Waals surface area contributed by atoms with Gasteiger partial charge in [-0.15, -0.1) is 0 Å². The first-order valence-electron chi connectivity index (χ1n) is 6.19. The monoisotopic (exact) mass is 364 g/mol. The van der Waals surface area contributed by atoms with E-state index in [1.165, 1.54) is 16.6 Å². The highest BCUT2D eigenvalue weighted by Gasteiger charge is 2.30. The number of sulfonamides is 1. The zero-order valence-corrected chi connectivity index (χ0v) is 13.3. The lowest BCUT2D eigenvalue weighted by molar-refractivity contribution is 0.151. The van der Waals surface area contributed by atoms with Gasteiger partial charge in [0, 0.05) is 43.4 Å². The largest absolute Gasteiger partial charge is 0.395 e. The first-order chi connectivity index (χ1) is 9.45. The van der Waals surface area contributed by atoms with Gasteiger partial charge >= 0.3 is 0 Å². The van der Waals surface area contributed by atoms with E-state index in [-0.39, 0.29) is 17.3 Å². The van der Waals surface area contributed by atoms with Gasteiger partial charge in [0.2, 0.25) is 10.0 Å². The molecule has 3 N–H and O–H groups in total. The Balaban J connectivity index is 2.18. The summed E-state index contributed by atoms with van der Waals surface area (Å²) in [5, 5.41) is 8.89. The molecular weight excluding hydrogens is 348 g/mol. The van der Waals surface area contributed by atoms with E-state index in [9.17, 15) is 8.42 Å². The lowest BCUT2D eigenvalue weighted by atomic mass is 10.4. The summed E-state index contributed by atoms with van der Waals surface area (Å²) >= 11 is 3.21. The molecule has 2 heterocycles. The van der Waals surface area contributed by atoms with Gasteiger partial charge in [0.15, 0.2) is 0 Å². The molecule has 0 radical (unpaired) electrons. The van der Waals surface area contributed by atoms with Crippen LogP contribution in [0.1, 0.15) is 0 Å². The molecule has 7 nitrogen and oxygen atoms in total. The molecule has 1 aromatic heterocycles. The predicted octanol–water partition coefficient (Wildman–Crippen LogP) is -0.275. The Bertz CT molecular complexity index is 573. The number of piperazine rings is 1. The fraction of sp³-hybridized carbons (Fsp3) is 0.545. The molecule has 0 atom stereocenters. The van der Waals surface area contributed by atoms with Gasteiger partial charge in [0.05, 0.1) is 6.61 Å². The van der Waals surface area contributed by atoms with Crippen molar-refractivity contribution in [1.82, 2.24) is 14.2 Å². The van der Waals surface area contributed by atoms with Crippen LogP contribution in [-0.4, -0.2) is 67.0 Å². The van der Waals surface area contributed by atoms with Crippen molar-refractivity contribution >= 4 is 31.8 Å². The third-order valence-corrected chi connectivity index (χ3v) is 5.58. The lowest BCUT2D eigenvalue weighted by Gasteiger charge is -2.33. The second kappa shape index (κ2) is 6.35. The quantitative estimate of drug-likeness (QED) is 0.762. The van der Waals surface area contributed by atoms with Crippen molar-refractivity contribution in [3.05, 3.63) is 16.7 Å². The van der Waals surface area contributed by atoms with Gasteiger partial charge < -0.3 is 10.8 Å². The van der Waals surface area contributed by atoms with Crippen LogP contribution in [0.25, 0.3) is 0 Å². The van der Waals surface area contributed by atoms with E-state index in [0.29, 0.717) is 37.2 Å². The van der Waals surface area contributed by atoms with Crippen molar-refractivity contribution in [2.45, 2.75) is 4.90 Å². The summed E-state index contributed by atoms with van der Waals surface area (Å²) in [5.41, 5.74) is 5.68. The molecule has 9 heteroatoms. The minimum atomic E-state index is -3.63. The van der Waals surface area contributed by atoms with Gasteiger partial charge in [0.25, 0.3) is 0 Å². The van der Waals surface area contributed by atoms with Crippen LogP contribution in [0.5, 0.6) is 0 Å². The maximum atomic E-state index is 12.5. The summed E-state index contributed by atoms with van der Waals surface area (Å²) in [6.45, 7) is 2.61. The second-order valence-electron chi connectivity index (χ2n) is 4.51. The van der Waals surface area contributed by atoms with Crippen molar-refractivity contribution < 1.29 is 13.5 Å². The third kappa shape index (κ3) is 3.29. The standard InChI is InChI=1S/C11H17BrN4O3S/c12-9-7-10(11(13)14-8-9)20(18,19)16-3-1-15(2-4-16)5-6-17/h7-8,17H,1-6H2,(H2,13,14). The number of pyridine rings is 1. The number of nitrogens with two attached hydrogens (primary N) is 1. The molecule has 112 valence electrons. The molecule has 0 unspecified atom stereocenters. The normalized spacial score (nSPS) is 18.3. The number of aliphatic hydroxyl groups is 1. The summed E-state index contributed by atoms with van der Waals surface area (Å²) in [5.74, 6) is 0.00554. The minimum absolute atomic E-state index is 0.00554. The minimum Gasteiger partial charge on any atom is -0.395 e. The average molecular weight is 365 g/mol. The Morgan fingerprint density at radius 1 is 1.35 bits per heavy atom. The van der Waals surface area contributed by atoms with Gasteiger partial charge in [-0.25, -0.2) is 13.4 Å². The van der Waals surface area contributed by atoms with Gasteiger partial charge in [-0.05, 0) is 22.0 Å². The van der Waals surface area contributed by atoms with E-state index < -0.39 is 10.0 Å². The molecule has 1 fully saturated rings. The molecule has 0 spiro atoms. The summed E-state index contributed by atoms with van der Waals surface area (Å²) in [4.78, 5) is 5.92. The van der Waals surface area contributed by atoms with Crippen LogP contribution in [-0.2, 0) is 10.0 Å². The lowest BCUT2D eigenvalue weighted by Crippen LogP contribution is -2.49. The predicted molar refractivity (Wildman–Crippen MR) is 78.6 cm³/mol. The van der Waals surface area contributed by atoms with E-state index >= 15 is 0 Å². The Morgan fingerprint density at radius 3 is 2.60 bits per heavy atom. The van der Waals surface area contributed by atoms with E-state index in [1.54, 1.807) is 0 Å². The molecule has 1 saturated heterocycles. The molecule has 0 amide bonds. The molecule has 0 bridgehead atoms. The van der Waals surface area contributed by atoms with Crippen molar-refractivity contribution in [3.63, 3.8) is 0 Å². The Kier molecular flexibility index (Phi) is 4.97. The van der Waals surface area contributed by atoms with Gasteiger partial charge in [-0.1, -0.05) is 0 Å². The number of halogens is 1. The number of aliphatic hydroxyl groups excluding tert-OH is 1. The summed E-state index contributed by atoms with van der Waals surface area (Å²) in [7, 11) is -3.63. The number of β-amino-alcohol motifs (C(OH)–C–C–N with tert-alkyl or cyclic N) is 1. The third-order valence-electron chi connectivity index (χ3n) is 3.21. The smallest absolute Gasteiger partial charge is 0.246 e. The van der Waals surface area contributed by atoms with Crippen LogP contribution in [0.2, 0.25) is 0 Å². The number of hydrogen-bond acceptors (Lipinski definition) is 6. The first kappa shape index (κ1) is 15.6. The molecule has 20 heavy (non-hydrogen) atoms. The van der Waals surface area contributed by atoms with Gasteiger partial charge in [-0.2, -0.15) is 4.31 Å². The van der Waals surface area contributed by atoms with Crippen molar-refractivity contribution in [2.24, 2.45) is 0 Å². The second-order valence-corrected chi connectivity index (χ2v) is 7.33. The van der Waals surface area contributed by atoms with Crippen molar-refractivity contribution in [2.75, 3.05) is 45.1 Å². The van der Waals surface area contributed by atoms with E-state index in [4.69, 9.17) is 10.8 Å². The number of hydrogen-bond donors (Lipinski definition) is 2. The molecule has 0 aromatic carbocycles. The van der Waals surface area contributed by atoms with E-state index in [0.717, 1.165) is 0 Å². The van der Waals surface area contributed by atoms with Gasteiger partial charge in [-0.3, -0.25) is 4.90 Å². The molecule has 0 saturated carbocycles. The topological polar surface area (TPSA) is 99.8 Å². The average Bonchev–Trinajstić information content (AvgIpc) is 2.42. The zero-order valence-electron chi connectivity index (χ0n) is 10.9. The van der Waals surface area contributed by atoms with E-state index in [1.807, 2.05) is 4.90 Å². The van der Waals surface area contributed by atoms with Crippen LogP contribution >= 0.6 is 15.9 Å². The first-order valence-corrected chi connectivity index (χ1v) is 8.43. The molecule has 1 aromatic rings. The van der Waals surface area contributed by atoms with Crippen LogP contribution in [0.15, 0.2) is 21.6 Å². The maximum absolute atomic E-state index is 12.5.